The lowest BCUT2D eigenvalue weighted by Gasteiger charge is -2.11. The van der Waals surface area contributed by atoms with Crippen LogP contribution >= 0.6 is 31.9 Å². The lowest BCUT2D eigenvalue weighted by Crippen LogP contribution is -2.05. The molecule has 2 heterocycles. The molecule has 1 unspecified atom stereocenters. The molecule has 0 aliphatic carbocycles. The van der Waals surface area contributed by atoms with E-state index < -0.39 is 6.10 Å². The first kappa shape index (κ1) is 12.7. The minimum atomic E-state index is -0.637. The number of pyridine rings is 2. The minimum absolute atomic E-state index is 0.488. The molecule has 0 aliphatic rings. The van der Waals surface area contributed by atoms with Gasteiger partial charge in [-0.3, -0.25) is 9.97 Å². The highest BCUT2D eigenvalue weighted by atomic mass is 79.9. The van der Waals surface area contributed by atoms with Crippen LogP contribution in [-0.4, -0.2) is 15.1 Å². The molecule has 1 atom stereocenters. The fraction of sp³-hybridized carbons (Fsp3) is 0.167. The van der Waals surface area contributed by atoms with E-state index >= 15 is 0 Å². The van der Waals surface area contributed by atoms with E-state index in [0.717, 1.165) is 14.5 Å². The monoisotopic (exact) mass is 356 g/mol. The summed E-state index contributed by atoms with van der Waals surface area (Å²) in [6, 6.07) is 5.62. The van der Waals surface area contributed by atoms with Gasteiger partial charge in [0, 0.05) is 34.0 Å². The van der Waals surface area contributed by atoms with Crippen LogP contribution in [0.3, 0.4) is 0 Å². The summed E-state index contributed by atoms with van der Waals surface area (Å²) in [5.41, 5.74) is 1.61. The fourth-order valence-corrected chi connectivity index (χ4v) is 2.46. The average molecular weight is 358 g/mol. The zero-order valence-corrected chi connectivity index (χ0v) is 12.0. The number of aromatic nitrogens is 2. The molecule has 3 nitrogen and oxygen atoms in total. The number of aliphatic hydroxyl groups is 1. The van der Waals surface area contributed by atoms with Gasteiger partial charge in [-0.25, -0.2) is 0 Å². The third kappa shape index (κ3) is 3.34. The molecular formula is C12H10Br2N2O. The molecule has 0 bridgehead atoms. The van der Waals surface area contributed by atoms with Gasteiger partial charge >= 0.3 is 0 Å². The SMILES string of the molecule is OC(Cc1cncc(Br)c1)c1ncccc1Br. The predicted octanol–water partition coefficient (Wildman–Crippen LogP) is 3.28. The molecule has 0 amide bonds. The maximum atomic E-state index is 10.1. The van der Waals surface area contributed by atoms with Gasteiger partial charge in [-0.05, 0) is 55.6 Å². The fourth-order valence-electron chi connectivity index (χ4n) is 1.53. The summed E-state index contributed by atoms with van der Waals surface area (Å²) < 4.78 is 1.72. The van der Waals surface area contributed by atoms with E-state index in [1.165, 1.54) is 0 Å². The molecule has 0 aliphatic heterocycles. The van der Waals surface area contributed by atoms with E-state index in [-0.39, 0.29) is 0 Å². The molecule has 0 spiro atoms. The van der Waals surface area contributed by atoms with E-state index in [4.69, 9.17) is 0 Å². The summed E-state index contributed by atoms with van der Waals surface area (Å²) >= 11 is 6.73. The molecule has 88 valence electrons. The van der Waals surface area contributed by atoms with E-state index in [9.17, 15) is 5.11 Å². The summed E-state index contributed by atoms with van der Waals surface area (Å²) in [7, 11) is 0. The van der Waals surface area contributed by atoms with Gasteiger partial charge in [0.1, 0.15) is 6.10 Å². The van der Waals surface area contributed by atoms with Gasteiger partial charge in [-0.1, -0.05) is 0 Å². The van der Waals surface area contributed by atoms with Gasteiger partial charge in [-0.2, -0.15) is 0 Å². The molecule has 2 rings (SSSR count). The summed E-state index contributed by atoms with van der Waals surface area (Å²) in [6.07, 6.45) is 4.98. The molecule has 0 aromatic carbocycles. The summed E-state index contributed by atoms with van der Waals surface area (Å²) in [6.45, 7) is 0. The molecule has 0 saturated heterocycles. The van der Waals surface area contributed by atoms with Crippen LogP contribution in [-0.2, 0) is 6.42 Å². The highest BCUT2D eigenvalue weighted by molar-refractivity contribution is 9.10. The lowest BCUT2D eigenvalue weighted by atomic mass is 10.1. The Morgan fingerprint density at radius 3 is 2.82 bits per heavy atom. The van der Waals surface area contributed by atoms with Crippen molar-refractivity contribution in [1.82, 2.24) is 9.97 Å². The van der Waals surface area contributed by atoms with E-state index in [1.807, 2.05) is 18.2 Å². The molecule has 2 aromatic rings. The molecule has 5 heteroatoms. The first-order chi connectivity index (χ1) is 8.16. The first-order valence-corrected chi connectivity index (χ1v) is 6.63. The van der Waals surface area contributed by atoms with Gasteiger partial charge < -0.3 is 5.11 Å². The number of hydrogen-bond acceptors (Lipinski definition) is 3. The number of aliphatic hydroxyl groups excluding tert-OH is 1. The largest absolute Gasteiger partial charge is 0.386 e. The summed E-state index contributed by atoms with van der Waals surface area (Å²) in [5.74, 6) is 0. The molecule has 0 radical (unpaired) electrons. The standard InChI is InChI=1S/C12H10Br2N2O/c13-9-4-8(6-15-7-9)5-11(17)12-10(14)2-1-3-16-12/h1-4,6-7,11,17H,5H2. The Hall–Kier alpha value is -0.780. The van der Waals surface area contributed by atoms with Crippen molar-refractivity contribution in [3.63, 3.8) is 0 Å². The van der Waals surface area contributed by atoms with E-state index in [0.29, 0.717) is 12.1 Å². The minimum Gasteiger partial charge on any atom is -0.386 e. The highest BCUT2D eigenvalue weighted by Crippen LogP contribution is 2.24. The van der Waals surface area contributed by atoms with Crippen LogP contribution in [0.4, 0.5) is 0 Å². The molecule has 0 saturated carbocycles. The Balaban J connectivity index is 2.17. The second-order valence-electron chi connectivity index (χ2n) is 3.60. The molecule has 2 aromatic heterocycles. The maximum absolute atomic E-state index is 10.1. The Morgan fingerprint density at radius 1 is 1.29 bits per heavy atom. The van der Waals surface area contributed by atoms with Crippen LogP contribution in [0.15, 0.2) is 45.7 Å². The smallest absolute Gasteiger partial charge is 0.101 e. The molecule has 0 fully saturated rings. The average Bonchev–Trinajstić information content (AvgIpc) is 2.29. The summed E-state index contributed by atoms with van der Waals surface area (Å²) in [5, 5.41) is 10.1. The van der Waals surface area contributed by atoms with Gasteiger partial charge in [0.25, 0.3) is 0 Å². The van der Waals surface area contributed by atoms with Gasteiger partial charge in [0.15, 0.2) is 0 Å². The van der Waals surface area contributed by atoms with Gasteiger partial charge in [-0.15, -0.1) is 0 Å². The van der Waals surface area contributed by atoms with Crippen LogP contribution in [0.5, 0.6) is 0 Å². The Labute approximate surface area is 116 Å². The second kappa shape index (κ2) is 5.71. The molecule has 1 N–H and O–H groups in total. The van der Waals surface area contributed by atoms with Crippen molar-refractivity contribution in [3.8, 4) is 0 Å². The Bertz CT molecular complexity index is 519. The van der Waals surface area contributed by atoms with Crippen LogP contribution in [0.25, 0.3) is 0 Å². The van der Waals surface area contributed by atoms with Crippen molar-refractivity contribution in [3.05, 3.63) is 57.0 Å². The van der Waals surface area contributed by atoms with Crippen LogP contribution in [0.1, 0.15) is 17.4 Å². The van der Waals surface area contributed by atoms with Crippen LogP contribution < -0.4 is 0 Å². The quantitative estimate of drug-likeness (QED) is 0.916. The number of hydrogen-bond donors (Lipinski definition) is 1. The third-order valence-electron chi connectivity index (χ3n) is 2.29. The topological polar surface area (TPSA) is 46.0 Å². The van der Waals surface area contributed by atoms with E-state index in [1.54, 1.807) is 18.6 Å². The van der Waals surface area contributed by atoms with Crippen molar-refractivity contribution in [1.29, 1.82) is 0 Å². The Morgan fingerprint density at radius 2 is 2.12 bits per heavy atom. The first-order valence-electron chi connectivity index (χ1n) is 5.04. The third-order valence-corrected chi connectivity index (χ3v) is 3.40. The van der Waals surface area contributed by atoms with Crippen molar-refractivity contribution in [2.24, 2.45) is 0 Å². The van der Waals surface area contributed by atoms with Gasteiger partial charge in [0.2, 0.25) is 0 Å². The Kier molecular flexibility index (Phi) is 4.25. The molecule has 17 heavy (non-hydrogen) atoms. The highest BCUT2D eigenvalue weighted by Gasteiger charge is 2.13. The normalized spacial score (nSPS) is 12.4. The zero-order valence-electron chi connectivity index (χ0n) is 8.85. The summed E-state index contributed by atoms with van der Waals surface area (Å²) in [4.78, 5) is 8.23. The van der Waals surface area contributed by atoms with Crippen molar-refractivity contribution < 1.29 is 5.11 Å². The van der Waals surface area contributed by atoms with Crippen LogP contribution in [0, 0.1) is 0 Å². The second-order valence-corrected chi connectivity index (χ2v) is 5.37. The number of halogens is 2. The number of nitrogens with zero attached hydrogens (tertiary/aromatic N) is 2. The van der Waals surface area contributed by atoms with Crippen molar-refractivity contribution in [2.45, 2.75) is 12.5 Å². The zero-order chi connectivity index (χ0) is 12.3. The predicted molar refractivity (Wildman–Crippen MR) is 72.5 cm³/mol. The van der Waals surface area contributed by atoms with Crippen LogP contribution in [0.2, 0.25) is 0 Å². The van der Waals surface area contributed by atoms with Gasteiger partial charge in [0.05, 0.1) is 5.69 Å². The maximum Gasteiger partial charge on any atom is 0.101 e. The molecular weight excluding hydrogens is 348 g/mol. The number of rotatable bonds is 3. The van der Waals surface area contributed by atoms with E-state index in [2.05, 4.69) is 41.8 Å². The van der Waals surface area contributed by atoms with Crippen molar-refractivity contribution >= 4 is 31.9 Å². The lowest BCUT2D eigenvalue weighted by molar-refractivity contribution is 0.172. The van der Waals surface area contributed by atoms with Crippen molar-refractivity contribution in [2.75, 3.05) is 0 Å².